The summed E-state index contributed by atoms with van der Waals surface area (Å²) in [6.45, 7) is 0. The van der Waals surface area contributed by atoms with Crippen molar-refractivity contribution in [1.29, 1.82) is 0 Å². The number of benzene rings is 21. The smallest absolute Gasteiger partial charge is 0.164 e. The highest BCUT2D eigenvalue weighted by molar-refractivity contribution is 6.29. The molecule has 0 amide bonds. The molecule has 0 N–H and O–H groups in total. The van der Waals surface area contributed by atoms with Gasteiger partial charge in [0.1, 0.15) is 0 Å². The van der Waals surface area contributed by atoms with Crippen LogP contribution in [0.1, 0.15) is 0 Å². The highest BCUT2D eigenvalue weighted by Crippen LogP contribution is 2.49. The van der Waals surface area contributed by atoms with Gasteiger partial charge in [0.15, 0.2) is 57.3 Å². The number of aromatic nitrogens is 10. The van der Waals surface area contributed by atoms with E-state index in [1.165, 1.54) is 21.9 Å². The topological polar surface area (TPSA) is 123 Å². The fraction of sp³-hybridized carbons (Fsp3) is 0. The summed E-state index contributed by atoms with van der Waals surface area (Å²) < 4.78 is 24.0. The quantitative estimate of drug-likeness (QED) is 0.0994. The molecule has 8 heterocycles. The molecule has 0 saturated heterocycles. The summed E-state index contributed by atoms with van der Waals surface area (Å²) in [5.74, 6) is 3.62. The molecule has 12 nitrogen and oxygen atoms in total. The number of nitrogens with zero attached hydrogens (tertiary/aromatic N) is 10. The van der Waals surface area contributed by atoms with E-state index in [4.69, 9.17) is 38.7 Å². The van der Waals surface area contributed by atoms with E-state index in [2.05, 4.69) is 479 Å². The van der Waals surface area contributed by atoms with Crippen LogP contribution in [0.3, 0.4) is 0 Å². The zero-order valence-electron chi connectivity index (χ0n) is 77.6. The Morgan fingerprint density at radius 1 is 0.125 bits per heavy atom. The lowest BCUT2D eigenvalue weighted by atomic mass is 9.98. The molecule has 672 valence electrons. The molecule has 8 aromatic heterocycles. The minimum Gasteiger partial charge on any atom is -0.452 e. The van der Waals surface area contributed by atoms with Crippen LogP contribution in [-0.2, 0) is 0 Å². The third kappa shape index (κ3) is 13.9. The van der Waals surface area contributed by atoms with Crippen LogP contribution in [0, 0.1) is 0 Å². The van der Waals surface area contributed by atoms with Gasteiger partial charge in [0.25, 0.3) is 0 Å². The summed E-state index contributed by atoms with van der Waals surface area (Å²) in [5.41, 5.74) is 32.9. The SMILES string of the molecule is c1ccc(-c2ccc(-c3nc(-c4ccc(-c5ccccc5)cc4)nc(-c4ccc(-n5c6ccccc6c6ccc7c8ccc9c%10ccccc%10n(-c%10ccc(-c%11ccccc%11)cc%10)c9c8oc7c65)cc4)n3)cc2)cc1.c1ccc(-c2ccccc2-c2nc(-c3ccc(-n4c5ccccc5c5ccc6c7ccc8c9ccccc9n(-c9ccccc9)c8c7oc6c54)cc3)nc(-c3ccccc3-c3ccccc3)n2)cc1. The van der Waals surface area contributed by atoms with Gasteiger partial charge in [-0.1, -0.05) is 376 Å². The molecule has 12 heteroatoms. The van der Waals surface area contributed by atoms with E-state index in [9.17, 15) is 0 Å². The van der Waals surface area contributed by atoms with Gasteiger partial charge in [0.2, 0.25) is 0 Å². The molecule has 0 aliphatic heterocycles. The fourth-order valence-electron chi connectivity index (χ4n) is 21.7. The summed E-state index contributed by atoms with van der Waals surface area (Å²) in [6, 6.07) is 175. The minimum atomic E-state index is 0.590. The van der Waals surface area contributed by atoms with Gasteiger partial charge in [0.05, 0.1) is 44.1 Å². The van der Waals surface area contributed by atoms with Gasteiger partial charge >= 0.3 is 0 Å². The predicted octanol–water partition coefficient (Wildman–Crippen LogP) is 34.3. The first-order valence-corrected chi connectivity index (χ1v) is 48.6. The lowest BCUT2D eigenvalue weighted by molar-refractivity contribution is 0.673. The Kier molecular flexibility index (Phi) is 19.7. The average molecular weight is 1840 g/mol. The summed E-state index contributed by atoms with van der Waals surface area (Å²) in [4.78, 5) is 31.2. The average Bonchev–Trinajstić information content (AvgIpc) is 1.54. The third-order valence-electron chi connectivity index (χ3n) is 28.4. The summed E-state index contributed by atoms with van der Waals surface area (Å²) in [6.07, 6.45) is 0. The lowest BCUT2D eigenvalue weighted by Crippen LogP contribution is -2.02. The van der Waals surface area contributed by atoms with Crippen LogP contribution in [-0.4, -0.2) is 48.2 Å². The summed E-state index contributed by atoms with van der Waals surface area (Å²) >= 11 is 0. The van der Waals surface area contributed by atoms with Gasteiger partial charge in [-0.3, -0.25) is 0 Å². The van der Waals surface area contributed by atoms with Crippen LogP contribution in [0.5, 0.6) is 0 Å². The zero-order valence-corrected chi connectivity index (χ0v) is 77.6. The first-order valence-electron chi connectivity index (χ1n) is 48.6. The van der Waals surface area contributed by atoms with E-state index in [0.29, 0.717) is 34.9 Å². The second-order valence-electron chi connectivity index (χ2n) is 36.6. The Hall–Kier alpha value is -19.6. The molecule has 0 fully saturated rings. The highest BCUT2D eigenvalue weighted by Gasteiger charge is 2.29. The van der Waals surface area contributed by atoms with E-state index in [-0.39, 0.29) is 0 Å². The molecule has 144 heavy (non-hydrogen) atoms. The Balaban J connectivity index is 0.000000141. The van der Waals surface area contributed by atoms with Crippen molar-refractivity contribution in [3.8, 4) is 147 Å². The Labute approximate surface area is 826 Å². The van der Waals surface area contributed by atoms with Gasteiger partial charge < -0.3 is 27.1 Å². The molecular weight excluding hydrogens is 1760 g/mol. The second kappa shape index (κ2) is 34.3. The summed E-state index contributed by atoms with van der Waals surface area (Å²) in [5, 5.41) is 13.5. The number of fused-ring (bicyclic) bond motifs is 22. The largest absolute Gasteiger partial charge is 0.452 e. The molecule has 29 aromatic rings. The Morgan fingerprint density at radius 3 is 0.597 bits per heavy atom. The number of rotatable bonds is 15. The number of hydrogen-bond acceptors (Lipinski definition) is 8. The van der Waals surface area contributed by atoms with Crippen molar-refractivity contribution in [2.24, 2.45) is 0 Å². The van der Waals surface area contributed by atoms with Crippen molar-refractivity contribution in [2.75, 3.05) is 0 Å². The number of hydrogen-bond donors (Lipinski definition) is 0. The second-order valence-corrected chi connectivity index (χ2v) is 36.6. The van der Waals surface area contributed by atoms with Crippen molar-refractivity contribution >= 4 is 131 Å². The van der Waals surface area contributed by atoms with E-state index in [1.807, 2.05) is 36.4 Å². The maximum atomic E-state index is 7.36. The lowest BCUT2D eigenvalue weighted by Gasteiger charge is -2.14. The van der Waals surface area contributed by atoms with E-state index in [1.54, 1.807) is 0 Å². The predicted molar refractivity (Wildman–Crippen MR) is 591 cm³/mol. The number of para-hydroxylation sites is 5. The van der Waals surface area contributed by atoms with Crippen molar-refractivity contribution in [3.05, 3.63) is 497 Å². The van der Waals surface area contributed by atoms with Gasteiger partial charge in [-0.15, -0.1) is 0 Å². The van der Waals surface area contributed by atoms with Crippen LogP contribution < -0.4 is 0 Å². The molecule has 0 aliphatic carbocycles. The Morgan fingerprint density at radius 2 is 0.312 bits per heavy atom. The van der Waals surface area contributed by atoms with Crippen LogP contribution >= 0.6 is 0 Å². The molecule has 21 aromatic carbocycles. The van der Waals surface area contributed by atoms with Gasteiger partial charge in [0, 0.05) is 121 Å². The normalized spacial score (nSPS) is 11.8. The highest BCUT2D eigenvalue weighted by atomic mass is 16.3. The molecule has 0 bridgehead atoms. The molecule has 0 unspecified atom stereocenters. The van der Waals surface area contributed by atoms with Crippen molar-refractivity contribution in [2.45, 2.75) is 0 Å². The fourth-order valence-corrected chi connectivity index (χ4v) is 21.7. The maximum Gasteiger partial charge on any atom is 0.164 e. The molecule has 0 atom stereocenters. The third-order valence-corrected chi connectivity index (χ3v) is 28.4. The van der Waals surface area contributed by atoms with E-state index >= 15 is 0 Å². The van der Waals surface area contributed by atoms with Gasteiger partial charge in [-0.25, -0.2) is 29.9 Å². The van der Waals surface area contributed by atoms with Crippen LogP contribution in [0.2, 0.25) is 0 Å². The minimum absolute atomic E-state index is 0.590. The first-order chi connectivity index (χ1) is 71.4. The monoisotopic (exact) mass is 1840 g/mol. The standard InChI is InChI=1S/C69H43N5O.C63H39N5O/c1-4-14-44(15-5-1)47-24-28-50(29-25-47)67-70-68(51-30-26-48(27-31-51)45-16-6-2-7-17-45)72-69(71-67)52-34-38-54(39-35-52)74-62-23-13-11-21-56(62)58-41-43-60-59-42-40-57-55-20-10-12-22-61(55)73(63(57)65(59)75-66(60)64(58)74)53-36-32-49(33-37-53)46-18-8-3-9-19-46;1-4-18-40(19-5-1)45-24-10-12-28-53(45)62-64-61(65-63(66-62)54-29-13-11-25-46(54)41-20-6-2-7-21-41)42-32-34-44(35-33-42)68-56-31-17-15-27-48(56)50-37-39-52-51-38-36-49-47-26-14-16-30-55(47)67(43-22-8-3-9-23-43)57(49)59(51)69-60(52)58(50)68/h1-43H;1-39H. The van der Waals surface area contributed by atoms with Gasteiger partial charge in [-0.2, -0.15) is 0 Å². The number of furan rings is 2. The molecular formula is C132H82N10O2. The molecule has 0 saturated carbocycles. The van der Waals surface area contributed by atoms with Crippen LogP contribution in [0.4, 0.5) is 0 Å². The molecule has 29 rings (SSSR count). The van der Waals surface area contributed by atoms with Crippen LogP contribution in [0.15, 0.2) is 506 Å². The zero-order chi connectivity index (χ0) is 94.8. The van der Waals surface area contributed by atoms with Crippen molar-refractivity contribution in [3.63, 3.8) is 0 Å². The molecule has 0 spiro atoms. The van der Waals surface area contributed by atoms with E-state index in [0.717, 1.165) is 221 Å². The maximum absolute atomic E-state index is 7.36. The molecule has 0 aliphatic rings. The molecule has 0 radical (unpaired) electrons. The van der Waals surface area contributed by atoms with Crippen molar-refractivity contribution < 1.29 is 8.83 Å². The summed E-state index contributed by atoms with van der Waals surface area (Å²) in [7, 11) is 0. The van der Waals surface area contributed by atoms with Crippen molar-refractivity contribution in [1.82, 2.24) is 48.2 Å². The van der Waals surface area contributed by atoms with Crippen LogP contribution in [0.25, 0.3) is 278 Å². The van der Waals surface area contributed by atoms with E-state index < -0.39 is 0 Å². The van der Waals surface area contributed by atoms with Gasteiger partial charge in [-0.05, 0) is 177 Å². The Bertz CT molecular complexity index is 9880. The first kappa shape index (κ1) is 82.7.